The molecule has 9 heteroatoms. The van der Waals surface area contributed by atoms with E-state index in [2.05, 4.69) is 5.32 Å². The van der Waals surface area contributed by atoms with Gasteiger partial charge >= 0.3 is 13.3 Å². The highest BCUT2D eigenvalue weighted by Crippen LogP contribution is 2.32. The minimum atomic E-state index is -4.36. The molecule has 0 radical (unpaired) electrons. The molecule has 1 fully saturated rings. The van der Waals surface area contributed by atoms with E-state index in [-0.39, 0.29) is 6.04 Å². The van der Waals surface area contributed by atoms with E-state index in [1.807, 2.05) is 0 Å². The smallest absolute Gasteiger partial charge is 0.427 e. The Balaban J connectivity index is 0.000000998. The van der Waals surface area contributed by atoms with Crippen molar-refractivity contribution in [1.29, 1.82) is 0 Å². The summed E-state index contributed by atoms with van der Waals surface area (Å²) in [7, 11) is -1.25. The van der Waals surface area contributed by atoms with Crippen LogP contribution in [0.5, 0.6) is 0 Å². The molecular weight excluding hydrogens is 416 g/mol. The minimum absolute atomic E-state index is 0.0521. The first-order valence-corrected chi connectivity index (χ1v) is 11.3. The zero-order valence-corrected chi connectivity index (χ0v) is 18.3. The molecule has 1 unspecified atom stereocenters. The quantitative estimate of drug-likeness (QED) is 0.272. The number of nitrogens with two attached hydrogens (primary N) is 1. The molecule has 172 valence electrons. The molecule has 0 aromatic heterocycles. The van der Waals surface area contributed by atoms with E-state index in [9.17, 15) is 13.2 Å². The number of nitrogens with one attached hydrogen (secondary N) is 1. The van der Waals surface area contributed by atoms with E-state index in [0.717, 1.165) is 44.4 Å². The second-order valence-electron chi connectivity index (χ2n) is 7.89. The van der Waals surface area contributed by atoms with Gasteiger partial charge in [-0.15, -0.1) is 0 Å². The Bertz CT molecular complexity index is 584. The van der Waals surface area contributed by atoms with Crippen LogP contribution in [0.25, 0.3) is 0 Å². The molecular formula is C21H35BClF3N2O2. The number of halogens is 4. The predicted molar refractivity (Wildman–Crippen MR) is 118 cm³/mol. The van der Waals surface area contributed by atoms with Gasteiger partial charge in [0.1, 0.15) is 0 Å². The number of alkyl halides is 3. The third-order valence-corrected chi connectivity index (χ3v) is 5.52. The van der Waals surface area contributed by atoms with Gasteiger partial charge in [0, 0.05) is 11.1 Å². The number of rotatable bonds is 12. The number of hydrogen-bond donors (Lipinski definition) is 4. The molecule has 1 aliphatic carbocycles. The number of benzene rings is 1. The van der Waals surface area contributed by atoms with E-state index in [1.165, 1.54) is 31.7 Å². The fraction of sp³-hybridized carbons (Fsp3) is 0.714. The summed E-state index contributed by atoms with van der Waals surface area (Å²) in [5.41, 5.74) is 5.81. The van der Waals surface area contributed by atoms with Gasteiger partial charge in [0.25, 0.3) is 0 Å². The predicted octanol–water partition coefficient (Wildman–Crippen LogP) is 4.80. The highest BCUT2D eigenvalue weighted by atomic mass is 35.5. The molecule has 2 rings (SSSR count). The number of hydrogen-bond acceptors (Lipinski definition) is 4. The fourth-order valence-electron chi connectivity index (χ4n) is 2.89. The lowest BCUT2D eigenvalue weighted by Gasteiger charge is -2.13. The minimum Gasteiger partial charge on any atom is -0.427 e. The van der Waals surface area contributed by atoms with Gasteiger partial charge in [-0.3, -0.25) is 0 Å². The van der Waals surface area contributed by atoms with Crippen molar-refractivity contribution < 1.29 is 23.2 Å². The first-order valence-electron chi connectivity index (χ1n) is 10.9. The highest BCUT2D eigenvalue weighted by molar-refractivity contribution is 6.40. The highest BCUT2D eigenvalue weighted by Gasteiger charge is 2.30. The molecule has 0 amide bonds. The van der Waals surface area contributed by atoms with Crippen LogP contribution in [0.2, 0.25) is 11.3 Å². The standard InChI is InChI=1S/C17H27BClF3N2O2.C4H8/c19-16-7-6-14(17(20,21)22)12-13(16)4-3-10-24-11-8-15(23)5-1-2-9-18(25)26;1-2-4-3-1/h6-7,12,15,24-26H,1-5,8-11,23H2;1-4H2. The third-order valence-electron chi connectivity index (χ3n) is 5.15. The maximum atomic E-state index is 12.7. The summed E-state index contributed by atoms with van der Waals surface area (Å²) in [5, 5.41) is 21.1. The van der Waals surface area contributed by atoms with Gasteiger partial charge in [-0.25, -0.2) is 0 Å². The Labute approximate surface area is 183 Å². The average molecular weight is 451 g/mol. The molecule has 0 aliphatic heterocycles. The van der Waals surface area contributed by atoms with Crippen molar-refractivity contribution in [2.45, 2.75) is 82.7 Å². The van der Waals surface area contributed by atoms with Crippen LogP contribution in [0.1, 0.15) is 68.9 Å². The molecule has 1 aliphatic rings. The molecule has 0 bridgehead atoms. The molecule has 4 nitrogen and oxygen atoms in total. The number of aryl methyl sites for hydroxylation is 1. The summed E-state index contributed by atoms with van der Waals surface area (Å²) in [6, 6.07) is 3.45. The first kappa shape index (κ1) is 27.2. The molecule has 5 N–H and O–H groups in total. The summed E-state index contributed by atoms with van der Waals surface area (Å²) < 4.78 is 38.2. The van der Waals surface area contributed by atoms with E-state index < -0.39 is 18.9 Å². The SMILES string of the molecule is C1CCC1.NC(CCCCB(O)O)CCNCCCc1cc(C(F)(F)F)ccc1Cl. The second-order valence-corrected chi connectivity index (χ2v) is 8.29. The lowest BCUT2D eigenvalue weighted by Crippen LogP contribution is -2.27. The largest absolute Gasteiger partial charge is 0.451 e. The summed E-state index contributed by atoms with van der Waals surface area (Å²) >= 11 is 5.97. The van der Waals surface area contributed by atoms with E-state index in [4.69, 9.17) is 27.4 Å². The Morgan fingerprint density at radius 2 is 1.70 bits per heavy atom. The summed E-state index contributed by atoms with van der Waals surface area (Å²) in [6.07, 6.45) is 6.38. The van der Waals surface area contributed by atoms with Crippen LogP contribution < -0.4 is 11.1 Å². The van der Waals surface area contributed by atoms with Crippen molar-refractivity contribution in [1.82, 2.24) is 5.32 Å². The monoisotopic (exact) mass is 450 g/mol. The van der Waals surface area contributed by atoms with Crippen molar-refractivity contribution >= 4 is 18.7 Å². The van der Waals surface area contributed by atoms with Gasteiger partial charge in [0.05, 0.1) is 5.56 Å². The van der Waals surface area contributed by atoms with Crippen molar-refractivity contribution in [2.24, 2.45) is 5.73 Å². The normalized spacial score (nSPS) is 14.5. The lowest BCUT2D eigenvalue weighted by atomic mass is 9.83. The van der Waals surface area contributed by atoms with Crippen LogP contribution in [0.4, 0.5) is 13.2 Å². The van der Waals surface area contributed by atoms with E-state index in [0.29, 0.717) is 36.3 Å². The molecule has 0 spiro atoms. The van der Waals surface area contributed by atoms with E-state index >= 15 is 0 Å². The van der Waals surface area contributed by atoms with Crippen molar-refractivity contribution in [3.05, 3.63) is 34.3 Å². The van der Waals surface area contributed by atoms with Crippen LogP contribution in [0, 0.1) is 0 Å². The molecule has 1 atom stereocenters. The van der Waals surface area contributed by atoms with Crippen molar-refractivity contribution in [2.75, 3.05) is 13.1 Å². The van der Waals surface area contributed by atoms with Gasteiger partial charge in [0.15, 0.2) is 0 Å². The zero-order valence-electron chi connectivity index (χ0n) is 17.6. The van der Waals surface area contributed by atoms with Crippen LogP contribution in [-0.2, 0) is 12.6 Å². The molecule has 1 aromatic rings. The van der Waals surface area contributed by atoms with Crippen molar-refractivity contribution in [3.8, 4) is 0 Å². The van der Waals surface area contributed by atoms with Crippen LogP contribution in [-0.4, -0.2) is 36.3 Å². The fourth-order valence-corrected chi connectivity index (χ4v) is 3.10. The van der Waals surface area contributed by atoms with Gasteiger partial charge < -0.3 is 21.1 Å². The maximum absolute atomic E-state index is 12.7. The van der Waals surface area contributed by atoms with Gasteiger partial charge in [0.2, 0.25) is 0 Å². The zero-order chi connectivity index (χ0) is 22.4. The first-order chi connectivity index (χ1) is 14.2. The Morgan fingerprint density at radius 3 is 2.27 bits per heavy atom. The van der Waals surface area contributed by atoms with Crippen LogP contribution in [0.15, 0.2) is 18.2 Å². The topological polar surface area (TPSA) is 78.5 Å². The summed E-state index contributed by atoms with van der Waals surface area (Å²) in [6.45, 7) is 1.41. The van der Waals surface area contributed by atoms with Crippen LogP contribution >= 0.6 is 11.6 Å². The Morgan fingerprint density at radius 1 is 1.03 bits per heavy atom. The summed E-state index contributed by atoms with van der Waals surface area (Å²) in [5.74, 6) is 0. The maximum Gasteiger partial charge on any atom is 0.451 e. The van der Waals surface area contributed by atoms with Gasteiger partial charge in [-0.05, 0) is 68.9 Å². The average Bonchev–Trinajstić information content (AvgIpc) is 2.60. The third kappa shape index (κ3) is 12.8. The molecule has 30 heavy (non-hydrogen) atoms. The lowest BCUT2D eigenvalue weighted by molar-refractivity contribution is -0.137. The molecule has 1 saturated carbocycles. The second kappa shape index (κ2) is 15.1. The molecule has 1 aromatic carbocycles. The van der Waals surface area contributed by atoms with Gasteiger partial charge in [-0.2, -0.15) is 13.2 Å². The van der Waals surface area contributed by atoms with Crippen LogP contribution in [0.3, 0.4) is 0 Å². The summed E-state index contributed by atoms with van der Waals surface area (Å²) in [4.78, 5) is 0. The Kier molecular flexibility index (Phi) is 13.7. The van der Waals surface area contributed by atoms with Gasteiger partial charge in [-0.1, -0.05) is 50.1 Å². The van der Waals surface area contributed by atoms with Crippen molar-refractivity contribution in [3.63, 3.8) is 0 Å². The molecule has 0 saturated heterocycles. The Hall–Kier alpha value is -0.795. The van der Waals surface area contributed by atoms with E-state index in [1.54, 1.807) is 0 Å². The number of unbranched alkanes of at least 4 members (excludes halogenated alkanes) is 1. The molecule has 0 heterocycles.